The summed E-state index contributed by atoms with van der Waals surface area (Å²) >= 11 is 0. The Kier molecular flexibility index (Phi) is 42.0. The summed E-state index contributed by atoms with van der Waals surface area (Å²) in [7, 11) is -18.9. The van der Waals surface area contributed by atoms with Crippen molar-refractivity contribution in [3.63, 3.8) is 0 Å². The van der Waals surface area contributed by atoms with Gasteiger partial charge in [0.1, 0.15) is 71.4 Å². The molecule has 8 N–H and O–H groups in total. The Morgan fingerprint density at radius 3 is 1.14 bits per heavy atom. The van der Waals surface area contributed by atoms with Crippen LogP contribution in [0.4, 0.5) is 0 Å². The van der Waals surface area contributed by atoms with Crippen LogP contribution in [0.25, 0.3) is 0 Å². The lowest BCUT2D eigenvalue weighted by molar-refractivity contribution is -0.234. The average molecular weight is 1760 g/mol. The molecule has 8 rings (SSSR count). The second-order valence-corrected chi connectivity index (χ2v) is 40.0. The molecule has 8 aliphatic rings. The molecule has 6 heterocycles. The molecule has 8 fully saturated rings. The van der Waals surface area contributed by atoms with Gasteiger partial charge in [-0.25, -0.2) is 0 Å². The van der Waals surface area contributed by atoms with Gasteiger partial charge in [-0.2, -0.15) is 0 Å². The molecule has 30 atom stereocenters. The van der Waals surface area contributed by atoms with Gasteiger partial charge in [0.2, 0.25) is 0 Å². The van der Waals surface area contributed by atoms with E-state index < -0.39 is 103 Å². The number of hydrogen-bond acceptors (Lipinski definition) is 34. The Morgan fingerprint density at radius 1 is 0.419 bits per heavy atom. The Labute approximate surface area is 697 Å². The number of nitrogens with two attached hydrogens (primary N) is 4. The topological polar surface area (TPSA) is 468 Å². The van der Waals surface area contributed by atoms with Gasteiger partial charge >= 0.3 is 31.3 Å². The summed E-state index contributed by atoms with van der Waals surface area (Å²) < 4.78 is 173. The molecule has 2 saturated carbocycles. The van der Waals surface area contributed by atoms with Crippen molar-refractivity contribution in [1.82, 2.24) is 0 Å². The predicted octanol–water partition coefficient (Wildman–Crippen LogP) is 9.80. The van der Waals surface area contributed by atoms with Crippen LogP contribution in [0.1, 0.15) is 218 Å². The molecule has 0 aromatic carbocycles. The monoisotopic (exact) mass is 1750 g/mol. The molecule has 6 aliphatic heterocycles. The van der Waals surface area contributed by atoms with Crippen LogP contribution in [0.15, 0.2) is 49.4 Å². The first kappa shape index (κ1) is 106. The quantitative estimate of drug-likeness (QED) is 0.0326. The van der Waals surface area contributed by atoms with Crippen molar-refractivity contribution in [2.75, 3.05) is 33.0 Å². The Balaban J connectivity index is 0.000000278. The molecule has 0 bridgehead atoms. The lowest BCUT2D eigenvalue weighted by Gasteiger charge is -2.37. The van der Waals surface area contributed by atoms with Gasteiger partial charge in [-0.15, -0.1) is 0 Å². The largest absolute Gasteiger partial charge is 0.746 e. The highest BCUT2D eigenvalue weighted by Crippen LogP contribution is 2.54. The second kappa shape index (κ2) is 46.5. The fraction of sp³-hybridized carbons (Fsp3) is 0.899. The van der Waals surface area contributed by atoms with E-state index in [0.717, 1.165) is 0 Å². The minimum atomic E-state index is -4.78. The van der Waals surface area contributed by atoms with Gasteiger partial charge in [0.05, 0.1) is 160 Å². The molecule has 0 aromatic heterocycles. The standard InChI is InChI=1S/C20H38NO8P.2C20H38NO7P.C19H36NO8P/c1-12(2)24-11-20(10-21)18(9-15(6)27-20)29-30(22,23)28-16(7)19-17(25-13(3)4)8-14(5)26-19;1-12(2)24-11-20(21)10-14(5)8-18(20)28-29(22,23)27-16(7)19-17(25-13(3)4)9-15(6)26-19;1-11(2)24-10-16-17(8-13(5)19(16)21)28-29(22,23)27-15(7)20-18(25-12(3)4)9-14(6)26-20;1-10(2)23-9-16-19(17(20)13(6)26-16)28-29(21,22)27-14(7)18-15(24-11(3)4)8-12(5)25-18/h12-15,17-19H,7-11,21H2,1-6H3,(H,22,23);12-15,17-19H,7-11,21H2,1-6H3,(H,22,23);11-14,16-20H,7-10,21H2,1-6H3,(H,22,23);10-13,15-19H,7-9,20H2,1-6H3,(H,21,22)/p-4/t14-,15-,17+,18+,19+,20+;14-,15-,17+,18+,19+,20-;13-,14-,16+,17+,18+,19?,20+;12-,13-,15+,16+,17?,18+,19-/m0000/s1. The summed E-state index contributed by atoms with van der Waals surface area (Å²) in [5, 5.41) is 0. The average Bonchev–Trinajstić information content (AvgIpc) is 1.64. The number of phosphoric ester groups is 4. The molecule has 0 spiro atoms. The smallest absolute Gasteiger partial charge is 0.319 e. The van der Waals surface area contributed by atoms with E-state index in [2.05, 4.69) is 26.3 Å². The lowest BCUT2D eigenvalue weighted by Crippen LogP contribution is -2.52. The molecule has 6 unspecified atom stereocenters. The molecule has 686 valence electrons. The molecule has 38 heteroatoms. The SMILES string of the molecule is C=C(OP(=O)([O-])O[C@@H]1C(N)[C@H](C)O[C@@H]1COC(C)C)[C@H]1O[C@@H](C)C[C@H]1OC(C)C.C=C(OP(=O)([O-])O[C@@H]1C[C@H](C)C(N)[C@@H]1COC(C)C)[C@H]1O[C@@H](C)C[C@H]1OC(C)C.C=C(OP(=O)([O-])O[C@@H]1C[C@H](C)C[C@]1(N)COC(C)C)[C@H]1O[C@@H](C)C[C@H]1OC(C)C.C=C(OP(=O)([O-])O[C@@H]1C[C@H](C)O[C@]1(CN)COC(C)C)[C@H]1O[C@@H](C)C[C@H]1OC(C)C. The van der Waals surface area contributed by atoms with E-state index in [-0.39, 0.29) is 183 Å². The van der Waals surface area contributed by atoms with Gasteiger partial charge in [-0.1, -0.05) is 40.2 Å². The third-order valence-electron chi connectivity index (χ3n) is 20.5. The van der Waals surface area contributed by atoms with Crippen molar-refractivity contribution in [1.29, 1.82) is 0 Å². The maximum absolute atomic E-state index is 12.7. The van der Waals surface area contributed by atoms with Crippen molar-refractivity contribution < 1.29 is 140 Å². The zero-order chi connectivity index (χ0) is 88.5. The molecule has 0 aromatic rings. The van der Waals surface area contributed by atoms with Gasteiger partial charge < -0.3 is 145 Å². The third-order valence-corrected chi connectivity index (χ3v) is 24.4. The number of hydrogen-bond donors (Lipinski definition) is 4. The molecular weight excluding hydrogens is 1610 g/mol. The Hall–Kier alpha value is -1.96. The number of rotatable bonds is 41. The first-order chi connectivity index (χ1) is 54.0. The summed E-state index contributed by atoms with van der Waals surface area (Å²) in [5.74, 6) is -0.0973. The second-order valence-electron chi connectivity index (χ2n) is 34.8. The van der Waals surface area contributed by atoms with Crippen LogP contribution in [0, 0.1) is 17.8 Å². The van der Waals surface area contributed by atoms with Gasteiger partial charge in [0.15, 0.2) is 0 Å². The highest BCUT2D eigenvalue weighted by Gasteiger charge is 2.53. The van der Waals surface area contributed by atoms with Gasteiger partial charge in [-0.3, -0.25) is 18.3 Å². The predicted molar refractivity (Wildman–Crippen MR) is 431 cm³/mol. The van der Waals surface area contributed by atoms with Crippen molar-refractivity contribution in [3.05, 3.63) is 49.4 Å². The van der Waals surface area contributed by atoms with E-state index >= 15 is 0 Å². The van der Waals surface area contributed by atoms with E-state index in [1.165, 1.54) is 0 Å². The minimum Gasteiger partial charge on any atom is -0.746 e. The van der Waals surface area contributed by atoms with E-state index in [1.54, 1.807) is 6.92 Å². The van der Waals surface area contributed by atoms with Crippen LogP contribution >= 0.6 is 31.3 Å². The van der Waals surface area contributed by atoms with Gasteiger partial charge in [-0.05, 0) is 183 Å². The highest BCUT2D eigenvalue weighted by molar-refractivity contribution is 7.46. The van der Waals surface area contributed by atoms with Crippen LogP contribution in [-0.2, 0) is 121 Å². The van der Waals surface area contributed by atoms with E-state index in [0.29, 0.717) is 58.0 Å². The third kappa shape index (κ3) is 34.1. The zero-order valence-electron chi connectivity index (χ0n) is 73.8. The first-order valence-corrected chi connectivity index (χ1v) is 47.4. The summed E-state index contributed by atoms with van der Waals surface area (Å²) in [4.78, 5) is 50.5. The Morgan fingerprint density at radius 2 is 0.769 bits per heavy atom. The van der Waals surface area contributed by atoms with Crippen molar-refractivity contribution in [2.24, 2.45) is 40.7 Å². The summed E-state index contributed by atoms with van der Waals surface area (Å²) in [6.07, 6.45) is -4.52. The van der Waals surface area contributed by atoms with Gasteiger partial charge in [0, 0.05) is 50.6 Å². The van der Waals surface area contributed by atoms with Crippen LogP contribution in [-0.4, -0.2) is 221 Å². The highest BCUT2D eigenvalue weighted by atomic mass is 31.2. The molecule has 0 amide bonds. The molecule has 34 nitrogen and oxygen atoms in total. The molecule has 2 aliphatic carbocycles. The normalized spacial score (nSPS) is 37.0. The van der Waals surface area contributed by atoms with Crippen molar-refractivity contribution >= 4 is 31.3 Å². The van der Waals surface area contributed by atoms with E-state index in [1.807, 2.05) is 159 Å². The lowest BCUT2D eigenvalue weighted by atomic mass is 9.97. The Bertz CT molecular complexity index is 3210. The van der Waals surface area contributed by atoms with Crippen LogP contribution in [0.3, 0.4) is 0 Å². The zero-order valence-corrected chi connectivity index (χ0v) is 77.4. The fourth-order valence-electron chi connectivity index (χ4n) is 15.4. The number of ether oxygens (including phenoxy) is 14. The fourth-order valence-corrected chi connectivity index (χ4v) is 19.5. The van der Waals surface area contributed by atoms with Crippen LogP contribution in [0.2, 0.25) is 0 Å². The molecule has 6 saturated heterocycles. The first-order valence-electron chi connectivity index (χ1n) is 41.5. The number of phosphoric acid groups is 4. The molecule has 117 heavy (non-hydrogen) atoms. The summed E-state index contributed by atoms with van der Waals surface area (Å²) in [6, 6.07) is -0.848. The van der Waals surface area contributed by atoms with E-state index in [4.69, 9.17) is 125 Å². The summed E-state index contributed by atoms with van der Waals surface area (Å²) in [5.41, 5.74) is 22.8. The minimum absolute atomic E-state index is 0.0125. The maximum atomic E-state index is 12.7. The molecule has 0 radical (unpaired) electrons. The molecular formula is C79H146N4O30P4-4. The van der Waals surface area contributed by atoms with Crippen LogP contribution < -0.4 is 42.5 Å². The maximum Gasteiger partial charge on any atom is 0.319 e. The van der Waals surface area contributed by atoms with Crippen molar-refractivity contribution in [3.8, 4) is 0 Å². The summed E-state index contributed by atoms with van der Waals surface area (Å²) in [6.45, 7) is 61.4. The van der Waals surface area contributed by atoms with Crippen LogP contribution in [0.5, 0.6) is 0 Å². The van der Waals surface area contributed by atoms with Gasteiger partial charge in [0.25, 0.3) is 0 Å². The van der Waals surface area contributed by atoms with E-state index in [9.17, 15) is 37.8 Å². The van der Waals surface area contributed by atoms with Crippen molar-refractivity contribution in [2.45, 2.75) is 406 Å².